The lowest BCUT2D eigenvalue weighted by atomic mass is 10.1. The number of carbonyl (C=O) groups is 1. The van der Waals surface area contributed by atoms with Crippen molar-refractivity contribution in [1.29, 1.82) is 0 Å². The summed E-state index contributed by atoms with van der Waals surface area (Å²) in [5, 5.41) is 4.40. The lowest BCUT2D eigenvalue weighted by Gasteiger charge is -2.23. The lowest BCUT2D eigenvalue weighted by Crippen LogP contribution is -2.34. The van der Waals surface area contributed by atoms with E-state index in [0.29, 0.717) is 19.7 Å². The van der Waals surface area contributed by atoms with Crippen molar-refractivity contribution < 1.29 is 14.3 Å². The molecule has 0 spiro atoms. The summed E-state index contributed by atoms with van der Waals surface area (Å²) in [7, 11) is 1.80. The summed E-state index contributed by atoms with van der Waals surface area (Å²) in [4.78, 5) is 13.7. The van der Waals surface area contributed by atoms with E-state index in [-0.39, 0.29) is 18.6 Å². The van der Waals surface area contributed by atoms with Crippen LogP contribution in [0.15, 0.2) is 6.07 Å². The zero-order valence-corrected chi connectivity index (χ0v) is 13.9. The van der Waals surface area contributed by atoms with Gasteiger partial charge in [-0.05, 0) is 39.2 Å². The topological polar surface area (TPSA) is 56.6 Å². The lowest BCUT2D eigenvalue weighted by molar-refractivity contribution is -0.137. The normalized spacial score (nSPS) is 18.4. The van der Waals surface area contributed by atoms with Crippen LogP contribution in [0.4, 0.5) is 0 Å². The molecule has 0 radical (unpaired) electrons. The Labute approximate surface area is 132 Å². The Morgan fingerprint density at radius 2 is 2.32 bits per heavy atom. The molecule has 1 aliphatic heterocycles. The van der Waals surface area contributed by atoms with Gasteiger partial charge in [-0.1, -0.05) is 0 Å². The van der Waals surface area contributed by atoms with Crippen LogP contribution in [-0.2, 0) is 20.8 Å². The summed E-state index contributed by atoms with van der Waals surface area (Å²) < 4.78 is 13.0. The van der Waals surface area contributed by atoms with E-state index >= 15 is 0 Å². The average molecular weight is 309 g/mol. The minimum Gasteiger partial charge on any atom is -0.376 e. The van der Waals surface area contributed by atoms with Crippen molar-refractivity contribution in [3.05, 3.63) is 17.5 Å². The first kappa shape index (κ1) is 17.0. The SMILES string of the molecule is Cc1cc(C)n(CCN(C)C(=O)COCC2CCCCO2)n1. The number of hydrogen-bond donors (Lipinski definition) is 0. The van der Waals surface area contributed by atoms with Crippen LogP contribution in [0.2, 0.25) is 0 Å². The van der Waals surface area contributed by atoms with Gasteiger partial charge in [-0.2, -0.15) is 5.10 Å². The third-order valence-corrected chi connectivity index (χ3v) is 3.98. The van der Waals surface area contributed by atoms with E-state index in [4.69, 9.17) is 9.47 Å². The maximum absolute atomic E-state index is 12.0. The Bertz CT molecular complexity index is 481. The molecule has 0 aromatic carbocycles. The smallest absolute Gasteiger partial charge is 0.248 e. The molecule has 1 aromatic rings. The molecule has 0 saturated carbocycles. The zero-order valence-electron chi connectivity index (χ0n) is 13.9. The van der Waals surface area contributed by atoms with Crippen LogP contribution < -0.4 is 0 Å². The van der Waals surface area contributed by atoms with Gasteiger partial charge in [0.2, 0.25) is 5.91 Å². The van der Waals surface area contributed by atoms with Crippen molar-refractivity contribution >= 4 is 5.91 Å². The van der Waals surface area contributed by atoms with Crippen LogP contribution in [0.1, 0.15) is 30.7 Å². The molecular weight excluding hydrogens is 282 g/mol. The molecule has 1 fully saturated rings. The van der Waals surface area contributed by atoms with Crippen LogP contribution >= 0.6 is 0 Å². The fourth-order valence-corrected chi connectivity index (χ4v) is 2.60. The second kappa shape index (κ2) is 8.29. The summed E-state index contributed by atoms with van der Waals surface area (Å²) in [5.74, 6) is -0.00246. The van der Waals surface area contributed by atoms with Crippen molar-refractivity contribution in [2.75, 3.05) is 33.4 Å². The number of ether oxygens (including phenoxy) is 2. The van der Waals surface area contributed by atoms with Crippen LogP contribution in [0, 0.1) is 13.8 Å². The molecule has 0 bridgehead atoms. The second-order valence-corrected chi connectivity index (χ2v) is 5.97. The summed E-state index contributed by atoms with van der Waals surface area (Å²) in [5.41, 5.74) is 2.12. The number of nitrogens with zero attached hydrogens (tertiary/aromatic N) is 3. The van der Waals surface area contributed by atoms with Crippen LogP contribution in [0.25, 0.3) is 0 Å². The van der Waals surface area contributed by atoms with E-state index in [1.165, 1.54) is 6.42 Å². The first-order valence-electron chi connectivity index (χ1n) is 8.00. The fourth-order valence-electron chi connectivity index (χ4n) is 2.60. The van der Waals surface area contributed by atoms with Crippen molar-refractivity contribution in [3.63, 3.8) is 0 Å². The molecule has 1 amide bonds. The average Bonchev–Trinajstić information content (AvgIpc) is 2.83. The van der Waals surface area contributed by atoms with Gasteiger partial charge in [0.15, 0.2) is 0 Å². The fraction of sp³-hybridized carbons (Fsp3) is 0.750. The predicted octanol–water partition coefficient (Wildman–Crippen LogP) is 1.54. The summed E-state index contributed by atoms with van der Waals surface area (Å²) in [6, 6.07) is 2.04. The molecule has 124 valence electrons. The highest BCUT2D eigenvalue weighted by atomic mass is 16.5. The first-order valence-corrected chi connectivity index (χ1v) is 8.00. The Morgan fingerprint density at radius 1 is 1.50 bits per heavy atom. The van der Waals surface area contributed by atoms with E-state index < -0.39 is 0 Å². The van der Waals surface area contributed by atoms with Gasteiger partial charge in [0.05, 0.1) is 24.9 Å². The number of amides is 1. The van der Waals surface area contributed by atoms with Gasteiger partial charge in [-0.15, -0.1) is 0 Å². The highest BCUT2D eigenvalue weighted by Gasteiger charge is 2.15. The minimum atomic E-state index is -0.00246. The van der Waals surface area contributed by atoms with Crippen LogP contribution in [0.5, 0.6) is 0 Å². The van der Waals surface area contributed by atoms with Gasteiger partial charge in [0.1, 0.15) is 6.61 Å². The highest BCUT2D eigenvalue weighted by Crippen LogP contribution is 2.12. The molecule has 1 unspecified atom stereocenters. The molecule has 6 heteroatoms. The molecule has 2 heterocycles. The molecule has 1 aromatic heterocycles. The van der Waals surface area contributed by atoms with Gasteiger partial charge in [0, 0.05) is 25.9 Å². The maximum atomic E-state index is 12.0. The van der Waals surface area contributed by atoms with Crippen molar-refractivity contribution in [2.45, 2.75) is 45.8 Å². The van der Waals surface area contributed by atoms with Gasteiger partial charge < -0.3 is 14.4 Å². The molecule has 1 aliphatic rings. The number of rotatable bonds is 7. The number of likely N-dealkylation sites (N-methyl/N-ethyl adjacent to an activating group) is 1. The second-order valence-electron chi connectivity index (χ2n) is 5.97. The van der Waals surface area contributed by atoms with Gasteiger partial charge >= 0.3 is 0 Å². The van der Waals surface area contributed by atoms with Crippen LogP contribution in [0.3, 0.4) is 0 Å². The maximum Gasteiger partial charge on any atom is 0.248 e. The predicted molar refractivity (Wildman–Crippen MR) is 83.7 cm³/mol. The van der Waals surface area contributed by atoms with E-state index in [0.717, 1.165) is 30.8 Å². The summed E-state index contributed by atoms with van der Waals surface area (Å²) in [6.45, 7) is 6.77. The molecule has 1 atom stereocenters. The van der Waals surface area contributed by atoms with E-state index in [1.807, 2.05) is 24.6 Å². The molecular formula is C16H27N3O3. The minimum absolute atomic E-state index is 0.00246. The Hall–Kier alpha value is -1.40. The van der Waals surface area contributed by atoms with Crippen molar-refractivity contribution in [3.8, 4) is 0 Å². The zero-order chi connectivity index (χ0) is 15.9. The molecule has 1 saturated heterocycles. The Kier molecular flexibility index (Phi) is 6.39. The number of carbonyl (C=O) groups excluding carboxylic acids is 1. The monoisotopic (exact) mass is 309 g/mol. The number of aryl methyl sites for hydroxylation is 2. The van der Waals surface area contributed by atoms with Gasteiger partial charge in [-0.25, -0.2) is 0 Å². The Morgan fingerprint density at radius 3 is 2.95 bits per heavy atom. The highest BCUT2D eigenvalue weighted by molar-refractivity contribution is 5.77. The number of hydrogen-bond acceptors (Lipinski definition) is 4. The first-order chi connectivity index (χ1) is 10.6. The van der Waals surface area contributed by atoms with E-state index in [9.17, 15) is 4.79 Å². The summed E-state index contributed by atoms with van der Waals surface area (Å²) in [6.07, 6.45) is 3.50. The van der Waals surface area contributed by atoms with E-state index in [2.05, 4.69) is 5.10 Å². The largest absolute Gasteiger partial charge is 0.376 e. The van der Waals surface area contributed by atoms with Gasteiger partial charge in [0.25, 0.3) is 0 Å². The van der Waals surface area contributed by atoms with Gasteiger partial charge in [-0.3, -0.25) is 9.48 Å². The molecule has 22 heavy (non-hydrogen) atoms. The summed E-state index contributed by atoms with van der Waals surface area (Å²) >= 11 is 0. The molecule has 2 rings (SSSR count). The van der Waals surface area contributed by atoms with Crippen molar-refractivity contribution in [2.24, 2.45) is 0 Å². The Balaban J connectivity index is 1.65. The van der Waals surface area contributed by atoms with Crippen LogP contribution in [-0.4, -0.2) is 60.1 Å². The molecule has 6 nitrogen and oxygen atoms in total. The third kappa shape index (κ3) is 5.10. The number of aromatic nitrogens is 2. The van der Waals surface area contributed by atoms with E-state index in [1.54, 1.807) is 11.9 Å². The standard InChI is InChI=1S/C16H27N3O3/c1-13-10-14(2)19(17-13)8-7-18(3)16(20)12-21-11-15-6-4-5-9-22-15/h10,15H,4-9,11-12H2,1-3H3. The third-order valence-electron chi connectivity index (χ3n) is 3.98. The quantitative estimate of drug-likeness (QED) is 0.767. The van der Waals surface area contributed by atoms with Crippen molar-refractivity contribution in [1.82, 2.24) is 14.7 Å². The molecule has 0 N–H and O–H groups in total. The molecule has 0 aliphatic carbocycles.